The molecule has 2 heterocycles. The zero-order chi connectivity index (χ0) is 39.7. The number of hydrogen-bond donors (Lipinski definition) is 8. The molecular formula is C41H67IO12. The van der Waals surface area contributed by atoms with E-state index in [1.165, 1.54) is 11.1 Å². The van der Waals surface area contributed by atoms with Crippen molar-refractivity contribution in [1.29, 1.82) is 0 Å². The third kappa shape index (κ3) is 7.12. The third-order valence-corrected chi connectivity index (χ3v) is 17.2. The molecule has 20 atom stereocenters. The maximum absolute atomic E-state index is 12.1. The molecule has 0 amide bonds. The van der Waals surface area contributed by atoms with E-state index in [-0.39, 0.29) is 28.1 Å². The maximum Gasteiger partial charge on any atom is 0.187 e. The van der Waals surface area contributed by atoms with Gasteiger partial charge >= 0.3 is 0 Å². The van der Waals surface area contributed by atoms with Gasteiger partial charge in [-0.3, -0.25) is 0 Å². The quantitative estimate of drug-likeness (QED) is 0.0731. The predicted molar refractivity (Wildman–Crippen MR) is 208 cm³/mol. The van der Waals surface area contributed by atoms with E-state index < -0.39 is 90.3 Å². The normalized spacial score (nSPS) is 53.7. The number of ether oxygens (including phenoxy) is 4. The Labute approximate surface area is 334 Å². The molecule has 4 saturated carbocycles. The first kappa shape index (κ1) is 43.3. The van der Waals surface area contributed by atoms with E-state index in [9.17, 15) is 40.9 Å². The highest BCUT2D eigenvalue weighted by molar-refractivity contribution is 14.1. The van der Waals surface area contributed by atoms with Gasteiger partial charge in [0.1, 0.15) is 48.8 Å². The second kappa shape index (κ2) is 16.1. The van der Waals surface area contributed by atoms with Crippen LogP contribution in [0.3, 0.4) is 0 Å². The van der Waals surface area contributed by atoms with Gasteiger partial charge in [0.15, 0.2) is 12.6 Å². The molecule has 13 heteroatoms. The fraction of sp³-hybridized carbons (Fsp3) is 0.902. The van der Waals surface area contributed by atoms with Gasteiger partial charge in [-0.25, -0.2) is 0 Å². The standard InChI is InChI=1S/C41H67IO12/c1-20(2)9-8-10-21(3)22-11-15-40(6)29(22)23(45)17-27-38(4)14-13-28(41(7,42)26(38)12-16-39(27,40)5)53-37-35(33(49)31(47)25(19-44)52-37)54-36-34(50)32(48)30(46)24(18-43)51-36/h9-10,22-37,43-50H,8,11-19H2,1-7H3/b21-10-/t22-,23-,24?,25?,26?,27?,28+,29?,30-,31-,32+,33?,34+,35+,36?,37?,38+,39-,40-,41+/m1/s1. The highest BCUT2D eigenvalue weighted by atomic mass is 127. The molecule has 0 radical (unpaired) electrons. The van der Waals surface area contributed by atoms with Crippen LogP contribution in [0.25, 0.3) is 0 Å². The molecule has 0 aromatic carbocycles. The van der Waals surface area contributed by atoms with Crippen molar-refractivity contribution in [2.75, 3.05) is 13.2 Å². The van der Waals surface area contributed by atoms with Crippen LogP contribution in [0, 0.1) is 39.9 Å². The highest BCUT2D eigenvalue weighted by Gasteiger charge is 2.71. The van der Waals surface area contributed by atoms with Crippen LogP contribution in [0.1, 0.15) is 99.8 Å². The Kier molecular flexibility index (Phi) is 12.9. The van der Waals surface area contributed by atoms with Crippen LogP contribution in [0.2, 0.25) is 0 Å². The van der Waals surface area contributed by atoms with Crippen LogP contribution >= 0.6 is 22.6 Å². The van der Waals surface area contributed by atoms with Gasteiger partial charge in [-0.2, -0.15) is 0 Å². The molecule has 12 nitrogen and oxygen atoms in total. The molecule has 6 aliphatic rings. The number of halogens is 1. The van der Waals surface area contributed by atoms with E-state index in [0.717, 1.165) is 44.9 Å². The summed E-state index contributed by atoms with van der Waals surface area (Å²) in [7, 11) is 0. The molecule has 0 spiro atoms. The van der Waals surface area contributed by atoms with Crippen LogP contribution in [-0.2, 0) is 18.9 Å². The van der Waals surface area contributed by atoms with Crippen molar-refractivity contribution in [1.82, 2.24) is 0 Å². The summed E-state index contributed by atoms with van der Waals surface area (Å²) in [5, 5.41) is 85.4. The van der Waals surface area contributed by atoms with Crippen molar-refractivity contribution in [3.05, 3.63) is 23.3 Å². The fourth-order valence-electron chi connectivity index (χ4n) is 12.5. The summed E-state index contributed by atoms with van der Waals surface area (Å²) in [5.74, 6) is 1.11. The lowest BCUT2D eigenvalue weighted by molar-refractivity contribution is -0.374. The van der Waals surface area contributed by atoms with Crippen molar-refractivity contribution in [2.45, 2.75) is 177 Å². The summed E-state index contributed by atoms with van der Waals surface area (Å²) in [6.45, 7) is 14.9. The zero-order valence-electron chi connectivity index (χ0n) is 33.1. The number of aliphatic hydroxyl groups excluding tert-OH is 8. The lowest BCUT2D eigenvalue weighted by Crippen LogP contribution is -2.68. The lowest BCUT2D eigenvalue weighted by Gasteiger charge is -2.70. The first-order valence-electron chi connectivity index (χ1n) is 20.2. The molecule has 2 aliphatic heterocycles. The van der Waals surface area contributed by atoms with Gasteiger partial charge in [0.05, 0.1) is 25.4 Å². The van der Waals surface area contributed by atoms with Gasteiger partial charge in [-0.1, -0.05) is 66.7 Å². The Morgan fingerprint density at radius 1 is 0.704 bits per heavy atom. The Morgan fingerprint density at radius 3 is 1.94 bits per heavy atom. The van der Waals surface area contributed by atoms with Crippen LogP contribution in [0.15, 0.2) is 23.3 Å². The largest absolute Gasteiger partial charge is 0.394 e. The van der Waals surface area contributed by atoms with Crippen LogP contribution in [0.5, 0.6) is 0 Å². The number of alkyl halides is 1. The van der Waals surface area contributed by atoms with Gasteiger partial charge < -0.3 is 59.8 Å². The molecule has 0 bridgehead atoms. The topological polar surface area (TPSA) is 199 Å². The van der Waals surface area contributed by atoms with Crippen LogP contribution in [0.4, 0.5) is 0 Å². The van der Waals surface area contributed by atoms with Gasteiger partial charge in [0.25, 0.3) is 0 Å². The summed E-state index contributed by atoms with van der Waals surface area (Å²) in [4.78, 5) is 0. The molecule has 6 rings (SSSR count). The average Bonchev–Trinajstić information content (AvgIpc) is 3.49. The van der Waals surface area contributed by atoms with E-state index in [1.54, 1.807) is 0 Å². The summed E-state index contributed by atoms with van der Waals surface area (Å²) in [5.41, 5.74) is 2.67. The first-order chi connectivity index (χ1) is 25.3. The number of rotatable bonds is 9. The van der Waals surface area contributed by atoms with Gasteiger partial charge in [-0.15, -0.1) is 0 Å². The Bertz CT molecular complexity index is 1390. The Hall–Kier alpha value is -0.270. The SMILES string of the molecule is CC(C)=CC/C=C(/C)[C@H]1CC[C@]2(C)C1[C@H](O)CC1[C@@]3(C)CC[C@H](OC4OC(CO)[C@@H](O)C(O)[C@@H]4OC4OC(CO)[C@@H](O)[C@H](O)[C@@H]4O)[C@@](C)(I)C3CC[C@]12C. The number of fused-ring (bicyclic) bond motifs is 5. The number of hydrogen-bond acceptors (Lipinski definition) is 12. The number of allylic oxidation sites excluding steroid dienone is 4. The monoisotopic (exact) mass is 878 g/mol. The second-order valence-electron chi connectivity index (χ2n) is 18.7. The number of aliphatic hydroxyl groups is 8. The maximum atomic E-state index is 12.1. The molecule has 2 saturated heterocycles. The van der Waals surface area contributed by atoms with Gasteiger partial charge in [0, 0.05) is 3.42 Å². The summed E-state index contributed by atoms with van der Waals surface area (Å²) in [6.07, 6.45) is -3.72. The van der Waals surface area contributed by atoms with E-state index in [0.29, 0.717) is 18.3 Å². The fourth-order valence-corrected chi connectivity index (χ4v) is 14.0. The third-order valence-electron chi connectivity index (χ3n) is 15.7. The van der Waals surface area contributed by atoms with Crippen molar-refractivity contribution in [3.8, 4) is 0 Å². The molecule has 0 aromatic rings. The summed E-state index contributed by atoms with van der Waals surface area (Å²) in [6, 6.07) is 0. The van der Waals surface area contributed by atoms with Crippen LogP contribution < -0.4 is 0 Å². The minimum Gasteiger partial charge on any atom is -0.394 e. The van der Waals surface area contributed by atoms with Crippen LogP contribution in [-0.4, -0.2) is 131 Å². The van der Waals surface area contributed by atoms with Gasteiger partial charge in [0.2, 0.25) is 0 Å². The molecule has 54 heavy (non-hydrogen) atoms. The van der Waals surface area contributed by atoms with Crippen molar-refractivity contribution in [3.63, 3.8) is 0 Å². The summed E-state index contributed by atoms with van der Waals surface area (Å²) < 4.78 is 23.9. The molecular weight excluding hydrogens is 811 g/mol. The minimum atomic E-state index is -1.74. The predicted octanol–water partition coefficient (Wildman–Crippen LogP) is 3.12. The van der Waals surface area contributed by atoms with E-state index >= 15 is 0 Å². The average molecular weight is 879 g/mol. The molecule has 8 N–H and O–H groups in total. The Balaban J connectivity index is 1.23. The minimum absolute atomic E-state index is 0.00416. The molecule has 310 valence electrons. The molecule has 6 fully saturated rings. The first-order valence-corrected chi connectivity index (χ1v) is 21.3. The summed E-state index contributed by atoms with van der Waals surface area (Å²) >= 11 is 2.52. The van der Waals surface area contributed by atoms with Crippen molar-refractivity contribution >= 4 is 22.6 Å². The van der Waals surface area contributed by atoms with Crippen molar-refractivity contribution in [2.24, 2.45) is 39.9 Å². The Morgan fingerprint density at radius 2 is 1.31 bits per heavy atom. The second-order valence-corrected chi connectivity index (χ2v) is 21.1. The van der Waals surface area contributed by atoms with E-state index in [4.69, 9.17) is 18.9 Å². The molecule has 8 unspecified atom stereocenters. The highest BCUT2D eigenvalue weighted by Crippen LogP contribution is 2.75. The molecule has 4 aliphatic carbocycles. The van der Waals surface area contributed by atoms with Gasteiger partial charge in [-0.05, 0) is 119 Å². The smallest absolute Gasteiger partial charge is 0.187 e. The van der Waals surface area contributed by atoms with E-state index in [1.807, 2.05) is 0 Å². The molecule has 0 aromatic heterocycles. The van der Waals surface area contributed by atoms with Crippen molar-refractivity contribution < 1.29 is 59.8 Å². The van der Waals surface area contributed by atoms with E-state index in [2.05, 4.69) is 83.2 Å². The zero-order valence-corrected chi connectivity index (χ0v) is 35.2. The lowest BCUT2D eigenvalue weighted by atomic mass is 9.36.